The van der Waals surface area contributed by atoms with E-state index in [-0.39, 0.29) is 0 Å². The van der Waals surface area contributed by atoms with Crippen LogP contribution in [0.2, 0.25) is 0 Å². The first-order valence-corrected chi connectivity index (χ1v) is 9.33. The van der Waals surface area contributed by atoms with Crippen molar-refractivity contribution < 1.29 is 3.89 Å². The zero-order valence-corrected chi connectivity index (χ0v) is 11.5. The van der Waals surface area contributed by atoms with Crippen LogP contribution in [0.3, 0.4) is 0 Å². The molecular weight excluding hydrogens is 215 g/mol. The van der Waals surface area contributed by atoms with Crippen molar-refractivity contribution in [2.75, 3.05) is 17.8 Å². The zero-order chi connectivity index (χ0) is 10.9. The molecule has 0 aliphatic rings. The van der Waals surface area contributed by atoms with Gasteiger partial charge in [0.25, 0.3) is 0 Å². The van der Waals surface area contributed by atoms with Crippen molar-refractivity contribution >= 4 is 20.2 Å². The van der Waals surface area contributed by atoms with Crippen LogP contribution in [-0.2, 0) is 0 Å². The van der Waals surface area contributed by atoms with Crippen LogP contribution in [0.1, 0.15) is 52.4 Å². The molecule has 0 fully saturated rings. The molecule has 0 rings (SSSR count). The molecule has 0 radical (unpaired) electrons. The van der Waals surface area contributed by atoms with Crippen LogP contribution in [0.25, 0.3) is 0 Å². The van der Waals surface area contributed by atoms with Crippen molar-refractivity contribution in [1.82, 2.24) is 0 Å². The molecular formula is C11H25FS2. The Hall–Kier alpha value is 0.630. The van der Waals surface area contributed by atoms with Gasteiger partial charge in [-0.3, -0.25) is 0 Å². The van der Waals surface area contributed by atoms with Crippen LogP contribution in [0.5, 0.6) is 0 Å². The average Bonchev–Trinajstić information content (AvgIpc) is 2.16. The summed E-state index contributed by atoms with van der Waals surface area (Å²) in [6, 6.07) is 0. The monoisotopic (exact) mass is 240 g/mol. The van der Waals surface area contributed by atoms with E-state index >= 15 is 0 Å². The minimum Gasteiger partial charge on any atom is -0.179 e. The van der Waals surface area contributed by atoms with Crippen molar-refractivity contribution in [3.8, 4) is 0 Å². The maximum absolute atomic E-state index is 13.5. The number of unbranched alkanes of at least 4 members (excludes halogenated alkanes) is 5. The Balaban J connectivity index is 3.13. The summed E-state index contributed by atoms with van der Waals surface area (Å²) in [5, 5.41) is 0. The van der Waals surface area contributed by atoms with E-state index < -0.39 is 9.45 Å². The van der Waals surface area contributed by atoms with Crippen molar-refractivity contribution in [2.45, 2.75) is 52.4 Å². The van der Waals surface area contributed by atoms with E-state index in [1.807, 2.05) is 6.92 Å². The lowest BCUT2D eigenvalue weighted by Gasteiger charge is -2.22. The van der Waals surface area contributed by atoms with Gasteiger partial charge >= 0.3 is 0 Å². The predicted molar refractivity (Wildman–Crippen MR) is 71.0 cm³/mol. The van der Waals surface area contributed by atoms with Crippen molar-refractivity contribution in [3.05, 3.63) is 0 Å². The minimum absolute atomic E-state index is 0.702. The molecule has 0 aliphatic heterocycles. The molecule has 0 N–H and O–H groups in total. The first-order chi connectivity index (χ1) is 6.62. The van der Waals surface area contributed by atoms with Crippen LogP contribution in [0.15, 0.2) is 0 Å². The molecule has 0 aromatic rings. The summed E-state index contributed by atoms with van der Waals surface area (Å²) in [7, 11) is -0.241. The highest BCUT2D eigenvalue weighted by Gasteiger charge is 2.13. The summed E-state index contributed by atoms with van der Waals surface area (Å²) >= 11 is 0. The molecule has 0 bridgehead atoms. The highest BCUT2D eigenvalue weighted by atomic mass is 33.2. The minimum atomic E-state index is -1.80. The van der Waals surface area contributed by atoms with Crippen LogP contribution >= 0.6 is 20.2 Å². The van der Waals surface area contributed by atoms with E-state index in [1.54, 1.807) is 17.0 Å². The molecule has 3 heteroatoms. The third-order valence-electron chi connectivity index (χ3n) is 2.34. The Kier molecular flexibility index (Phi) is 9.30. The Labute approximate surface area is 94.4 Å². The smallest absolute Gasteiger partial charge is 0.00957 e. The summed E-state index contributed by atoms with van der Waals surface area (Å²) in [4.78, 5) is 0. The first-order valence-electron chi connectivity index (χ1n) is 5.72. The molecule has 0 aromatic heterocycles. The van der Waals surface area contributed by atoms with E-state index in [4.69, 9.17) is 0 Å². The average molecular weight is 240 g/mol. The number of hydrogen-bond acceptors (Lipinski definition) is 1. The quantitative estimate of drug-likeness (QED) is 0.387. The lowest BCUT2D eigenvalue weighted by atomic mass is 10.1. The first kappa shape index (κ1) is 14.6. The molecule has 0 aromatic carbocycles. The molecule has 1 unspecified atom stereocenters. The molecule has 88 valence electrons. The SMILES string of the molecule is CCCCCCCCSS(C)(F)CC. The van der Waals surface area contributed by atoms with Crippen molar-refractivity contribution in [3.63, 3.8) is 0 Å². The summed E-state index contributed by atoms with van der Waals surface area (Å²) in [5.74, 6) is 1.72. The molecule has 0 amide bonds. The van der Waals surface area contributed by atoms with Gasteiger partial charge in [-0.1, -0.05) is 56.7 Å². The molecule has 1 atom stereocenters. The summed E-state index contributed by atoms with van der Waals surface area (Å²) in [6.45, 7) is 4.18. The summed E-state index contributed by atoms with van der Waals surface area (Å²) in [5.41, 5.74) is 0. The van der Waals surface area contributed by atoms with E-state index in [1.165, 1.54) is 38.5 Å². The Morgan fingerprint density at radius 2 is 1.57 bits per heavy atom. The third kappa shape index (κ3) is 9.20. The third-order valence-corrected chi connectivity index (χ3v) is 7.00. The maximum atomic E-state index is 13.5. The van der Waals surface area contributed by atoms with Gasteiger partial charge in [0.2, 0.25) is 0 Å². The molecule has 0 spiro atoms. The van der Waals surface area contributed by atoms with Crippen LogP contribution < -0.4 is 0 Å². The van der Waals surface area contributed by atoms with Crippen molar-refractivity contribution in [1.29, 1.82) is 0 Å². The highest BCUT2D eigenvalue weighted by molar-refractivity contribution is 8.91. The van der Waals surface area contributed by atoms with Crippen LogP contribution in [-0.4, -0.2) is 17.8 Å². The topological polar surface area (TPSA) is 0 Å². The largest absolute Gasteiger partial charge is 0.179 e. The van der Waals surface area contributed by atoms with Crippen LogP contribution in [0, 0.1) is 0 Å². The highest BCUT2D eigenvalue weighted by Crippen LogP contribution is 2.58. The standard InChI is InChI=1S/C11H25FS2/c1-4-6-7-8-9-10-11-13-14(3,12)5-2/h4-11H2,1-3H3. The summed E-state index contributed by atoms with van der Waals surface area (Å²) in [6.07, 6.45) is 9.60. The Morgan fingerprint density at radius 1 is 1.00 bits per heavy atom. The summed E-state index contributed by atoms with van der Waals surface area (Å²) < 4.78 is 13.5. The zero-order valence-electron chi connectivity index (χ0n) is 9.85. The molecule has 0 heterocycles. The fourth-order valence-corrected chi connectivity index (χ4v) is 3.93. The van der Waals surface area contributed by atoms with Gasteiger partial charge < -0.3 is 0 Å². The molecule has 0 saturated carbocycles. The normalized spacial score (nSPS) is 17.7. The second kappa shape index (κ2) is 8.90. The molecule has 14 heavy (non-hydrogen) atoms. The van der Waals surface area contributed by atoms with Crippen LogP contribution in [0.4, 0.5) is 3.89 Å². The number of halogens is 1. The number of hydrogen-bond donors (Lipinski definition) is 0. The van der Waals surface area contributed by atoms with E-state index in [0.29, 0.717) is 5.75 Å². The fourth-order valence-electron chi connectivity index (χ4n) is 1.20. The fraction of sp³-hybridized carbons (Fsp3) is 1.00. The van der Waals surface area contributed by atoms with Gasteiger partial charge in [0.1, 0.15) is 0 Å². The number of rotatable bonds is 9. The lowest BCUT2D eigenvalue weighted by molar-refractivity contribution is 0.627. The molecule has 0 saturated heterocycles. The second-order valence-corrected chi connectivity index (χ2v) is 9.59. The van der Waals surface area contributed by atoms with Gasteiger partial charge in [0.05, 0.1) is 0 Å². The Morgan fingerprint density at radius 3 is 2.14 bits per heavy atom. The Bertz CT molecular complexity index is 126. The van der Waals surface area contributed by atoms with Gasteiger partial charge in [0, 0.05) is 17.8 Å². The van der Waals surface area contributed by atoms with Gasteiger partial charge in [-0.15, -0.1) is 0 Å². The van der Waals surface area contributed by atoms with Crippen molar-refractivity contribution in [2.24, 2.45) is 0 Å². The maximum Gasteiger partial charge on any atom is 0.00957 e. The van der Waals surface area contributed by atoms with E-state index in [9.17, 15) is 3.89 Å². The predicted octanol–water partition coefficient (Wildman–Crippen LogP) is 5.33. The van der Waals surface area contributed by atoms with E-state index in [0.717, 1.165) is 5.75 Å². The molecule has 0 aliphatic carbocycles. The lowest BCUT2D eigenvalue weighted by Crippen LogP contribution is -1.90. The van der Waals surface area contributed by atoms with Gasteiger partial charge in [-0.2, -0.15) is 3.89 Å². The molecule has 0 nitrogen and oxygen atoms in total. The van der Waals surface area contributed by atoms with Gasteiger partial charge in [-0.05, 0) is 15.9 Å². The second-order valence-electron chi connectivity index (χ2n) is 3.78. The van der Waals surface area contributed by atoms with Gasteiger partial charge in [-0.25, -0.2) is 0 Å². The van der Waals surface area contributed by atoms with Gasteiger partial charge in [0.15, 0.2) is 0 Å². The van der Waals surface area contributed by atoms with E-state index in [2.05, 4.69) is 6.92 Å².